The van der Waals surface area contributed by atoms with Gasteiger partial charge < -0.3 is 10.2 Å². The third-order valence-corrected chi connectivity index (χ3v) is 4.82. The summed E-state index contributed by atoms with van der Waals surface area (Å²) in [5, 5.41) is 11.3. The van der Waals surface area contributed by atoms with Crippen molar-refractivity contribution in [1.82, 2.24) is 10.2 Å². The van der Waals surface area contributed by atoms with Crippen LogP contribution in [-0.2, 0) is 24.2 Å². The monoisotopic (exact) mass is 358 g/mol. The fraction of sp³-hybridized carbons (Fsp3) is 0.227. The van der Waals surface area contributed by atoms with E-state index in [-0.39, 0.29) is 5.91 Å². The molecular formula is C22H22N4O. The van der Waals surface area contributed by atoms with Gasteiger partial charge in [-0.1, -0.05) is 54.1 Å². The molecule has 0 aliphatic carbocycles. The molecule has 1 aromatic heterocycles. The van der Waals surface area contributed by atoms with E-state index < -0.39 is 0 Å². The molecule has 3 aromatic rings. The molecule has 5 nitrogen and oxygen atoms in total. The Morgan fingerprint density at radius 2 is 1.89 bits per heavy atom. The summed E-state index contributed by atoms with van der Waals surface area (Å²) in [4.78, 5) is 14.4. The van der Waals surface area contributed by atoms with Gasteiger partial charge in [0.15, 0.2) is 11.6 Å². The van der Waals surface area contributed by atoms with Crippen LogP contribution >= 0.6 is 0 Å². The molecule has 1 amide bonds. The number of fused-ring (bicyclic) bond motifs is 1. The number of amides is 1. The van der Waals surface area contributed by atoms with Gasteiger partial charge in [-0.3, -0.25) is 4.79 Å². The van der Waals surface area contributed by atoms with Crippen LogP contribution in [0.3, 0.4) is 0 Å². The molecule has 0 atom stereocenters. The number of aryl methyl sites for hydroxylation is 1. The second-order valence-electron chi connectivity index (χ2n) is 6.93. The number of aromatic nitrogens is 2. The number of carbonyl (C=O) groups excluding carboxylic acids is 1. The van der Waals surface area contributed by atoms with E-state index in [1.165, 1.54) is 11.1 Å². The molecule has 0 radical (unpaired) electrons. The first-order chi connectivity index (χ1) is 13.2. The molecular weight excluding hydrogens is 336 g/mol. The first kappa shape index (κ1) is 17.2. The Kier molecular flexibility index (Phi) is 4.83. The number of nitrogens with zero attached hydrogens (tertiary/aromatic N) is 3. The van der Waals surface area contributed by atoms with Crippen LogP contribution < -0.4 is 10.2 Å². The highest BCUT2D eigenvalue weighted by Crippen LogP contribution is 2.23. The van der Waals surface area contributed by atoms with Gasteiger partial charge in [0.1, 0.15) is 0 Å². The summed E-state index contributed by atoms with van der Waals surface area (Å²) >= 11 is 0. The Labute approximate surface area is 159 Å². The van der Waals surface area contributed by atoms with E-state index in [1.54, 1.807) is 0 Å². The molecule has 1 N–H and O–H groups in total. The highest BCUT2D eigenvalue weighted by molar-refractivity contribution is 5.91. The Morgan fingerprint density at radius 3 is 2.67 bits per heavy atom. The first-order valence-corrected chi connectivity index (χ1v) is 9.18. The van der Waals surface area contributed by atoms with Crippen LogP contribution in [0.2, 0.25) is 0 Å². The second kappa shape index (κ2) is 7.58. The zero-order chi connectivity index (χ0) is 18.6. The van der Waals surface area contributed by atoms with E-state index >= 15 is 0 Å². The smallest absolute Gasteiger partial charge is 0.229 e. The first-order valence-electron chi connectivity index (χ1n) is 9.18. The van der Waals surface area contributed by atoms with Crippen molar-refractivity contribution in [2.75, 3.05) is 16.8 Å². The Balaban J connectivity index is 1.38. The average molecular weight is 358 g/mol. The summed E-state index contributed by atoms with van der Waals surface area (Å²) in [5.74, 6) is 1.23. The van der Waals surface area contributed by atoms with E-state index in [1.807, 2.05) is 43.3 Å². The molecule has 0 fully saturated rings. The van der Waals surface area contributed by atoms with Crippen LogP contribution in [0.15, 0.2) is 60.7 Å². The van der Waals surface area contributed by atoms with Crippen LogP contribution in [0, 0.1) is 6.92 Å². The molecule has 27 heavy (non-hydrogen) atoms. The van der Waals surface area contributed by atoms with E-state index in [2.05, 4.69) is 44.7 Å². The van der Waals surface area contributed by atoms with Gasteiger partial charge in [0.05, 0.1) is 6.42 Å². The lowest BCUT2D eigenvalue weighted by Crippen LogP contribution is -2.31. The van der Waals surface area contributed by atoms with Gasteiger partial charge in [-0.25, -0.2) is 0 Å². The summed E-state index contributed by atoms with van der Waals surface area (Å²) in [6.07, 6.45) is 1.33. The topological polar surface area (TPSA) is 58.1 Å². The zero-order valence-corrected chi connectivity index (χ0v) is 15.4. The average Bonchev–Trinajstić information content (AvgIpc) is 2.68. The van der Waals surface area contributed by atoms with Crippen molar-refractivity contribution in [1.29, 1.82) is 0 Å². The third-order valence-electron chi connectivity index (χ3n) is 4.82. The fourth-order valence-corrected chi connectivity index (χ4v) is 3.45. The summed E-state index contributed by atoms with van der Waals surface area (Å²) < 4.78 is 0. The standard InChI is InChI=1S/C22H22N4O/c1-16-5-4-6-17(13-16)14-22(27)23-20-9-10-21(25-24-20)26-12-11-18-7-2-3-8-19(18)15-26/h2-10,13H,11-12,14-15H2,1H3,(H,23,24,27). The van der Waals surface area contributed by atoms with Gasteiger partial charge >= 0.3 is 0 Å². The van der Waals surface area contributed by atoms with Gasteiger partial charge in [0.2, 0.25) is 5.91 Å². The maximum atomic E-state index is 12.2. The molecule has 136 valence electrons. The lowest BCUT2D eigenvalue weighted by molar-refractivity contribution is -0.115. The molecule has 0 bridgehead atoms. The highest BCUT2D eigenvalue weighted by atomic mass is 16.1. The SMILES string of the molecule is Cc1cccc(CC(=O)Nc2ccc(N3CCc4ccccc4C3)nn2)c1. The van der Waals surface area contributed by atoms with Crippen LogP contribution in [0.25, 0.3) is 0 Å². The molecule has 0 spiro atoms. The fourth-order valence-electron chi connectivity index (χ4n) is 3.45. The van der Waals surface area contributed by atoms with Gasteiger partial charge in [0.25, 0.3) is 0 Å². The van der Waals surface area contributed by atoms with Gasteiger partial charge in [-0.2, -0.15) is 0 Å². The predicted octanol–water partition coefficient (Wildman–Crippen LogP) is 3.53. The second-order valence-corrected chi connectivity index (χ2v) is 6.93. The maximum Gasteiger partial charge on any atom is 0.229 e. The lowest BCUT2D eigenvalue weighted by atomic mass is 10.00. The number of nitrogens with one attached hydrogen (secondary N) is 1. The molecule has 4 rings (SSSR count). The molecule has 0 saturated heterocycles. The van der Waals surface area contributed by atoms with Crippen LogP contribution in [0.5, 0.6) is 0 Å². The van der Waals surface area contributed by atoms with Gasteiger partial charge in [0, 0.05) is 13.1 Å². The van der Waals surface area contributed by atoms with E-state index in [0.29, 0.717) is 12.2 Å². The lowest BCUT2D eigenvalue weighted by Gasteiger charge is -2.29. The number of hydrogen-bond acceptors (Lipinski definition) is 4. The normalized spacial score (nSPS) is 13.1. The minimum Gasteiger partial charge on any atom is -0.350 e. The Bertz CT molecular complexity index is 953. The zero-order valence-electron chi connectivity index (χ0n) is 15.4. The van der Waals surface area contributed by atoms with Crippen molar-refractivity contribution >= 4 is 17.5 Å². The van der Waals surface area contributed by atoms with E-state index in [0.717, 1.165) is 36.5 Å². The van der Waals surface area contributed by atoms with E-state index in [4.69, 9.17) is 0 Å². The minimum atomic E-state index is -0.0884. The van der Waals surface area contributed by atoms with Gasteiger partial charge in [-0.15, -0.1) is 10.2 Å². The summed E-state index contributed by atoms with van der Waals surface area (Å²) in [7, 11) is 0. The van der Waals surface area contributed by atoms with Crippen molar-refractivity contribution in [3.8, 4) is 0 Å². The number of hydrogen-bond donors (Lipinski definition) is 1. The van der Waals surface area contributed by atoms with Crippen molar-refractivity contribution in [3.63, 3.8) is 0 Å². The quantitative estimate of drug-likeness (QED) is 0.775. The number of rotatable bonds is 4. The van der Waals surface area contributed by atoms with Crippen molar-refractivity contribution in [2.24, 2.45) is 0 Å². The predicted molar refractivity (Wildman–Crippen MR) is 107 cm³/mol. The van der Waals surface area contributed by atoms with Crippen molar-refractivity contribution < 1.29 is 4.79 Å². The third kappa shape index (κ3) is 4.14. The number of benzene rings is 2. The van der Waals surface area contributed by atoms with Crippen LogP contribution in [-0.4, -0.2) is 22.6 Å². The van der Waals surface area contributed by atoms with Crippen LogP contribution in [0.1, 0.15) is 22.3 Å². The number of anilines is 2. The molecule has 2 aromatic carbocycles. The van der Waals surface area contributed by atoms with E-state index in [9.17, 15) is 4.79 Å². The molecule has 0 saturated carbocycles. The Morgan fingerprint density at radius 1 is 1.04 bits per heavy atom. The molecule has 1 aliphatic heterocycles. The molecule has 5 heteroatoms. The maximum absolute atomic E-state index is 12.2. The van der Waals surface area contributed by atoms with Gasteiger partial charge in [-0.05, 0) is 42.2 Å². The summed E-state index contributed by atoms with van der Waals surface area (Å²) in [6.45, 7) is 3.78. The largest absolute Gasteiger partial charge is 0.350 e. The molecule has 2 heterocycles. The highest BCUT2D eigenvalue weighted by Gasteiger charge is 2.17. The summed E-state index contributed by atoms with van der Waals surface area (Å²) in [6, 6.07) is 20.2. The number of carbonyl (C=O) groups is 1. The van der Waals surface area contributed by atoms with Crippen LogP contribution in [0.4, 0.5) is 11.6 Å². The minimum absolute atomic E-state index is 0.0884. The van der Waals surface area contributed by atoms with Crippen molar-refractivity contribution in [3.05, 3.63) is 82.9 Å². The summed E-state index contributed by atoms with van der Waals surface area (Å²) in [5.41, 5.74) is 4.87. The van der Waals surface area contributed by atoms with Crippen molar-refractivity contribution in [2.45, 2.75) is 26.3 Å². The molecule has 0 unspecified atom stereocenters. The Hall–Kier alpha value is -3.21. The molecule has 1 aliphatic rings.